The molecule has 124 valence electrons. The van der Waals surface area contributed by atoms with E-state index in [-0.39, 0.29) is 17.5 Å². The highest BCUT2D eigenvalue weighted by Crippen LogP contribution is 2.32. The summed E-state index contributed by atoms with van der Waals surface area (Å²) >= 11 is 5.74. The Morgan fingerprint density at radius 2 is 1.86 bits per heavy atom. The Morgan fingerprint density at radius 1 is 1.27 bits per heavy atom. The van der Waals surface area contributed by atoms with E-state index in [4.69, 9.17) is 16.3 Å². The van der Waals surface area contributed by atoms with Crippen molar-refractivity contribution in [2.45, 2.75) is 6.18 Å². The van der Waals surface area contributed by atoms with E-state index in [1.807, 2.05) is 38.0 Å². The van der Waals surface area contributed by atoms with Crippen molar-refractivity contribution in [1.29, 1.82) is 0 Å². The van der Waals surface area contributed by atoms with Crippen LogP contribution in [0.3, 0.4) is 0 Å². The smallest absolute Gasteiger partial charge is 0.417 e. The van der Waals surface area contributed by atoms with Gasteiger partial charge < -0.3 is 14.5 Å². The number of guanidine groups is 1. The van der Waals surface area contributed by atoms with Gasteiger partial charge >= 0.3 is 6.18 Å². The first-order valence-corrected chi connectivity index (χ1v) is 6.75. The number of ether oxygens (including phenoxy) is 1. The van der Waals surface area contributed by atoms with Crippen molar-refractivity contribution >= 4 is 17.6 Å². The molecule has 0 saturated heterocycles. The SMILES string of the molecule is CN(C)C(=NCCOc1ncc(C(F)(F)F)cc1Cl)N(C)C. The number of aliphatic imine (C=N–C) groups is 1. The summed E-state index contributed by atoms with van der Waals surface area (Å²) in [4.78, 5) is 11.6. The average Bonchev–Trinajstić information content (AvgIpc) is 2.37. The molecule has 0 aromatic carbocycles. The Hall–Kier alpha value is -1.70. The van der Waals surface area contributed by atoms with Crippen LogP contribution in [0.5, 0.6) is 5.88 Å². The molecule has 22 heavy (non-hydrogen) atoms. The van der Waals surface area contributed by atoms with Crippen LogP contribution >= 0.6 is 11.6 Å². The van der Waals surface area contributed by atoms with Crippen LogP contribution < -0.4 is 4.74 Å². The number of hydrogen-bond donors (Lipinski definition) is 0. The van der Waals surface area contributed by atoms with Gasteiger partial charge in [-0.2, -0.15) is 13.2 Å². The summed E-state index contributed by atoms with van der Waals surface area (Å²) in [6.45, 7) is 0.480. The lowest BCUT2D eigenvalue weighted by Gasteiger charge is -2.22. The molecule has 1 rings (SSSR count). The van der Waals surface area contributed by atoms with E-state index < -0.39 is 11.7 Å². The zero-order chi connectivity index (χ0) is 16.9. The summed E-state index contributed by atoms with van der Waals surface area (Å²) in [5.41, 5.74) is -0.912. The zero-order valence-corrected chi connectivity index (χ0v) is 13.5. The van der Waals surface area contributed by atoms with Crippen LogP contribution in [0.2, 0.25) is 5.02 Å². The molecule has 0 radical (unpaired) electrons. The first-order valence-electron chi connectivity index (χ1n) is 6.37. The maximum absolute atomic E-state index is 12.5. The molecular formula is C13H18ClF3N4O. The van der Waals surface area contributed by atoms with Gasteiger partial charge in [-0.3, -0.25) is 0 Å². The van der Waals surface area contributed by atoms with E-state index in [1.54, 1.807) is 0 Å². The number of nitrogens with zero attached hydrogens (tertiary/aromatic N) is 4. The van der Waals surface area contributed by atoms with Crippen molar-refractivity contribution in [2.24, 2.45) is 4.99 Å². The molecule has 0 saturated carbocycles. The van der Waals surface area contributed by atoms with Crippen LogP contribution in [0.4, 0.5) is 13.2 Å². The van der Waals surface area contributed by atoms with Gasteiger partial charge in [-0.05, 0) is 6.07 Å². The maximum Gasteiger partial charge on any atom is 0.417 e. The summed E-state index contributed by atoms with van der Waals surface area (Å²) in [5, 5.41) is -0.181. The predicted molar refractivity (Wildman–Crippen MR) is 79.4 cm³/mol. The van der Waals surface area contributed by atoms with Gasteiger partial charge in [-0.15, -0.1) is 0 Å². The minimum absolute atomic E-state index is 0.0406. The first-order chi connectivity index (χ1) is 10.1. The van der Waals surface area contributed by atoms with E-state index in [0.29, 0.717) is 12.7 Å². The van der Waals surface area contributed by atoms with Gasteiger partial charge in [0.25, 0.3) is 0 Å². The lowest BCUT2D eigenvalue weighted by atomic mass is 10.3. The summed E-state index contributed by atoms with van der Waals surface area (Å²) < 4.78 is 42.7. The number of aromatic nitrogens is 1. The number of pyridine rings is 1. The standard InChI is InChI=1S/C13H18ClF3N4O/c1-20(2)12(21(3)4)18-5-6-22-11-10(14)7-9(8-19-11)13(15,16)17/h7-8H,5-6H2,1-4H3. The number of hydrogen-bond acceptors (Lipinski definition) is 3. The second kappa shape index (κ2) is 7.53. The Balaban J connectivity index is 2.64. The van der Waals surface area contributed by atoms with E-state index >= 15 is 0 Å². The summed E-state index contributed by atoms with van der Waals surface area (Å²) in [7, 11) is 7.42. The first kappa shape index (κ1) is 18.3. The van der Waals surface area contributed by atoms with Crippen LogP contribution in [0, 0.1) is 0 Å². The normalized spacial score (nSPS) is 11.1. The fraction of sp³-hybridized carbons (Fsp3) is 0.538. The summed E-state index contributed by atoms with van der Waals surface area (Å²) in [6, 6.07) is 0.790. The van der Waals surface area contributed by atoms with E-state index in [2.05, 4.69) is 9.98 Å². The van der Waals surface area contributed by atoms with Crippen molar-refractivity contribution in [2.75, 3.05) is 41.3 Å². The third-order valence-electron chi connectivity index (χ3n) is 2.52. The molecule has 0 atom stereocenters. The van der Waals surface area contributed by atoms with Crippen LogP contribution in [-0.4, -0.2) is 62.1 Å². The molecule has 9 heteroatoms. The zero-order valence-electron chi connectivity index (χ0n) is 12.8. The molecule has 5 nitrogen and oxygen atoms in total. The van der Waals surface area contributed by atoms with Gasteiger partial charge in [0.15, 0.2) is 5.96 Å². The van der Waals surface area contributed by atoms with Crippen molar-refractivity contribution in [1.82, 2.24) is 14.8 Å². The van der Waals surface area contributed by atoms with Crippen molar-refractivity contribution in [3.05, 3.63) is 22.8 Å². The fourth-order valence-corrected chi connectivity index (χ4v) is 1.88. The van der Waals surface area contributed by atoms with E-state index in [0.717, 1.165) is 12.0 Å². The Morgan fingerprint density at radius 3 is 2.32 bits per heavy atom. The number of alkyl halides is 3. The molecule has 0 aliphatic heterocycles. The Labute approximate surface area is 132 Å². The van der Waals surface area contributed by atoms with Gasteiger partial charge in [-0.25, -0.2) is 9.98 Å². The van der Waals surface area contributed by atoms with Crippen LogP contribution in [0.15, 0.2) is 17.3 Å². The van der Waals surface area contributed by atoms with Crippen LogP contribution in [0.25, 0.3) is 0 Å². The monoisotopic (exact) mass is 338 g/mol. The molecule has 0 aliphatic rings. The van der Waals surface area contributed by atoms with Gasteiger partial charge in [0.1, 0.15) is 11.6 Å². The molecule has 0 amide bonds. The second-order valence-corrected chi connectivity index (χ2v) is 5.23. The highest BCUT2D eigenvalue weighted by Gasteiger charge is 2.31. The largest absolute Gasteiger partial charge is 0.475 e. The van der Waals surface area contributed by atoms with Gasteiger partial charge in [-0.1, -0.05) is 11.6 Å². The third kappa shape index (κ3) is 5.25. The minimum Gasteiger partial charge on any atom is -0.475 e. The molecule has 1 aromatic rings. The third-order valence-corrected chi connectivity index (χ3v) is 2.79. The van der Waals surface area contributed by atoms with Crippen molar-refractivity contribution in [3.8, 4) is 5.88 Å². The van der Waals surface area contributed by atoms with E-state index in [9.17, 15) is 13.2 Å². The molecular weight excluding hydrogens is 321 g/mol. The number of rotatable bonds is 4. The quantitative estimate of drug-likeness (QED) is 0.481. The Bertz CT molecular complexity index is 523. The molecule has 1 aromatic heterocycles. The highest BCUT2D eigenvalue weighted by atomic mass is 35.5. The average molecular weight is 339 g/mol. The molecule has 0 spiro atoms. The molecule has 1 heterocycles. The molecule has 0 bridgehead atoms. The lowest BCUT2D eigenvalue weighted by Crippen LogP contribution is -2.35. The maximum atomic E-state index is 12.5. The molecule has 0 aliphatic carbocycles. The van der Waals surface area contributed by atoms with Crippen LogP contribution in [0.1, 0.15) is 5.56 Å². The highest BCUT2D eigenvalue weighted by molar-refractivity contribution is 6.31. The molecule has 0 unspecified atom stereocenters. The molecule has 0 fully saturated rings. The predicted octanol–water partition coefficient (Wildman–Crippen LogP) is 2.61. The summed E-state index contributed by atoms with van der Waals surface area (Å²) in [6.07, 6.45) is -3.79. The van der Waals surface area contributed by atoms with Crippen molar-refractivity contribution in [3.63, 3.8) is 0 Å². The Kier molecular flexibility index (Phi) is 6.28. The van der Waals surface area contributed by atoms with Crippen molar-refractivity contribution < 1.29 is 17.9 Å². The molecule has 0 N–H and O–H groups in total. The van der Waals surface area contributed by atoms with E-state index in [1.165, 1.54) is 0 Å². The van der Waals surface area contributed by atoms with Crippen LogP contribution in [-0.2, 0) is 6.18 Å². The summed E-state index contributed by atoms with van der Waals surface area (Å²) in [5.74, 6) is 0.705. The lowest BCUT2D eigenvalue weighted by molar-refractivity contribution is -0.137. The van der Waals surface area contributed by atoms with Gasteiger partial charge in [0, 0.05) is 34.4 Å². The van der Waals surface area contributed by atoms with Gasteiger partial charge in [0.05, 0.1) is 12.1 Å². The second-order valence-electron chi connectivity index (χ2n) is 4.83. The van der Waals surface area contributed by atoms with Gasteiger partial charge in [0.2, 0.25) is 5.88 Å². The fourth-order valence-electron chi connectivity index (χ4n) is 1.66. The number of halogens is 4. The minimum atomic E-state index is -4.48. The topological polar surface area (TPSA) is 41.0 Å².